The van der Waals surface area contributed by atoms with E-state index < -0.39 is 11.6 Å². The van der Waals surface area contributed by atoms with Crippen LogP contribution in [0.25, 0.3) is 0 Å². The number of carbonyl (C=O) groups excluding carboxylic acids is 1. The molecule has 0 bridgehead atoms. The molecule has 1 aliphatic heterocycles. The Morgan fingerprint density at radius 3 is 2.62 bits per heavy atom. The second-order valence-electron chi connectivity index (χ2n) is 3.97. The Balaban J connectivity index is 2.05. The second kappa shape index (κ2) is 4.17. The van der Waals surface area contributed by atoms with Gasteiger partial charge in [-0.2, -0.15) is 0 Å². The average Bonchev–Trinajstić information content (AvgIpc) is 2.52. The standard InChI is InChI=1S/C11H12F2N2O/c1-14-7-15(6-11(14)16)5-8-2-3-9(12)10(13)4-8/h2-4H,5-7H2,1H3. The van der Waals surface area contributed by atoms with Crippen LogP contribution in [-0.4, -0.2) is 36.0 Å². The third-order valence-electron chi connectivity index (χ3n) is 2.59. The van der Waals surface area contributed by atoms with Crippen LogP contribution >= 0.6 is 0 Å². The molecule has 0 radical (unpaired) electrons. The molecule has 1 heterocycles. The summed E-state index contributed by atoms with van der Waals surface area (Å²) in [6.07, 6.45) is 0. The van der Waals surface area contributed by atoms with E-state index in [1.165, 1.54) is 6.07 Å². The Bertz CT molecular complexity index is 422. The van der Waals surface area contributed by atoms with Crippen molar-refractivity contribution in [1.29, 1.82) is 0 Å². The lowest BCUT2D eigenvalue weighted by molar-refractivity contribution is -0.125. The highest BCUT2D eigenvalue weighted by atomic mass is 19.2. The van der Waals surface area contributed by atoms with Gasteiger partial charge < -0.3 is 4.90 Å². The molecule has 5 heteroatoms. The minimum absolute atomic E-state index is 0.0441. The van der Waals surface area contributed by atoms with Gasteiger partial charge in [0.05, 0.1) is 13.2 Å². The number of rotatable bonds is 2. The molecule has 86 valence electrons. The predicted octanol–water partition coefficient (Wildman–Crippen LogP) is 1.20. The fraction of sp³-hybridized carbons (Fsp3) is 0.364. The second-order valence-corrected chi connectivity index (χ2v) is 3.97. The fourth-order valence-corrected chi connectivity index (χ4v) is 1.74. The SMILES string of the molecule is CN1CN(Cc2ccc(F)c(F)c2)CC1=O. The largest absolute Gasteiger partial charge is 0.332 e. The molecule has 1 amide bonds. The summed E-state index contributed by atoms with van der Waals surface area (Å²) in [5.74, 6) is -1.66. The van der Waals surface area contributed by atoms with Crippen LogP contribution in [0.1, 0.15) is 5.56 Å². The van der Waals surface area contributed by atoms with E-state index >= 15 is 0 Å². The van der Waals surface area contributed by atoms with E-state index in [4.69, 9.17) is 0 Å². The molecule has 1 aliphatic rings. The molecule has 1 fully saturated rings. The van der Waals surface area contributed by atoms with E-state index in [0.717, 1.165) is 12.1 Å². The van der Waals surface area contributed by atoms with Crippen LogP contribution in [0.3, 0.4) is 0 Å². The Labute approximate surface area is 92.3 Å². The van der Waals surface area contributed by atoms with Crippen molar-refractivity contribution in [2.75, 3.05) is 20.3 Å². The Hall–Kier alpha value is -1.49. The van der Waals surface area contributed by atoms with E-state index in [0.29, 0.717) is 25.3 Å². The van der Waals surface area contributed by atoms with Crippen molar-refractivity contribution < 1.29 is 13.6 Å². The summed E-state index contributed by atoms with van der Waals surface area (Å²) in [5, 5.41) is 0. The number of carbonyl (C=O) groups is 1. The van der Waals surface area contributed by atoms with Crippen molar-refractivity contribution in [2.24, 2.45) is 0 Å². The molecule has 0 atom stereocenters. The summed E-state index contributed by atoms with van der Waals surface area (Å²) in [6, 6.07) is 3.80. The molecule has 16 heavy (non-hydrogen) atoms. The molecule has 1 saturated heterocycles. The van der Waals surface area contributed by atoms with Gasteiger partial charge in [0.1, 0.15) is 0 Å². The Morgan fingerprint density at radius 2 is 2.06 bits per heavy atom. The van der Waals surface area contributed by atoms with Gasteiger partial charge in [-0.1, -0.05) is 6.07 Å². The first-order valence-electron chi connectivity index (χ1n) is 4.96. The molecule has 2 rings (SSSR count). The first kappa shape index (κ1) is 11.0. The molecule has 3 nitrogen and oxygen atoms in total. The zero-order chi connectivity index (χ0) is 11.7. The molecule has 0 saturated carbocycles. The summed E-state index contributed by atoms with van der Waals surface area (Å²) in [5.41, 5.74) is 0.669. The molecular formula is C11H12F2N2O. The maximum absolute atomic E-state index is 12.9. The fourth-order valence-electron chi connectivity index (χ4n) is 1.74. The quantitative estimate of drug-likeness (QED) is 0.756. The van der Waals surface area contributed by atoms with Gasteiger partial charge in [0.15, 0.2) is 11.6 Å². The lowest BCUT2D eigenvalue weighted by atomic mass is 10.2. The first-order valence-corrected chi connectivity index (χ1v) is 4.96. The zero-order valence-electron chi connectivity index (χ0n) is 8.91. The third-order valence-corrected chi connectivity index (χ3v) is 2.59. The molecule has 0 N–H and O–H groups in total. The number of hydrogen-bond donors (Lipinski definition) is 0. The van der Waals surface area contributed by atoms with Crippen LogP contribution in [0.4, 0.5) is 8.78 Å². The summed E-state index contributed by atoms with van der Waals surface area (Å²) in [6.45, 7) is 1.31. The van der Waals surface area contributed by atoms with E-state index in [2.05, 4.69) is 0 Å². The van der Waals surface area contributed by atoms with Gasteiger partial charge in [-0.15, -0.1) is 0 Å². The molecule has 0 aromatic heterocycles. The van der Waals surface area contributed by atoms with Gasteiger partial charge in [0.25, 0.3) is 0 Å². The number of benzene rings is 1. The molecule has 1 aromatic rings. The smallest absolute Gasteiger partial charge is 0.237 e. The number of nitrogens with zero attached hydrogens (tertiary/aromatic N) is 2. The minimum atomic E-state index is -0.851. The highest BCUT2D eigenvalue weighted by molar-refractivity contribution is 5.79. The van der Waals surface area contributed by atoms with Crippen molar-refractivity contribution in [3.63, 3.8) is 0 Å². The maximum Gasteiger partial charge on any atom is 0.237 e. The number of likely N-dealkylation sites (N-methyl/N-ethyl adjacent to an activating group) is 1. The average molecular weight is 226 g/mol. The molecular weight excluding hydrogens is 214 g/mol. The third kappa shape index (κ3) is 2.19. The van der Waals surface area contributed by atoms with Crippen LogP contribution in [0.15, 0.2) is 18.2 Å². The van der Waals surface area contributed by atoms with Crippen molar-refractivity contribution in [1.82, 2.24) is 9.80 Å². The summed E-state index contributed by atoms with van der Waals surface area (Å²) < 4.78 is 25.6. The molecule has 0 spiro atoms. The van der Waals surface area contributed by atoms with E-state index in [9.17, 15) is 13.6 Å². The minimum Gasteiger partial charge on any atom is -0.332 e. The van der Waals surface area contributed by atoms with Crippen LogP contribution in [0.5, 0.6) is 0 Å². The van der Waals surface area contributed by atoms with E-state index in [1.54, 1.807) is 11.9 Å². The summed E-state index contributed by atoms with van der Waals surface area (Å²) in [7, 11) is 1.72. The summed E-state index contributed by atoms with van der Waals surface area (Å²) >= 11 is 0. The van der Waals surface area contributed by atoms with Gasteiger partial charge in [0.2, 0.25) is 5.91 Å². The van der Waals surface area contributed by atoms with Crippen LogP contribution in [-0.2, 0) is 11.3 Å². The lowest BCUT2D eigenvalue weighted by Crippen LogP contribution is -2.22. The maximum atomic E-state index is 12.9. The zero-order valence-corrected chi connectivity index (χ0v) is 8.91. The molecule has 0 unspecified atom stereocenters. The molecule has 1 aromatic carbocycles. The molecule has 0 aliphatic carbocycles. The van der Waals surface area contributed by atoms with Gasteiger partial charge >= 0.3 is 0 Å². The highest BCUT2D eigenvalue weighted by Gasteiger charge is 2.24. The Morgan fingerprint density at radius 1 is 1.31 bits per heavy atom. The highest BCUT2D eigenvalue weighted by Crippen LogP contribution is 2.13. The van der Waals surface area contributed by atoms with Crippen LogP contribution in [0, 0.1) is 11.6 Å². The van der Waals surface area contributed by atoms with Gasteiger partial charge in [-0.05, 0) is 17.7 Å². The van der Waals surface area contributed by atoms with Crippen LogP contribution in [0.2, 0.25) is 0 Å². The van der Waals surface area contributed by atoms with Crippen LogP contribution < -0.4 is 0 Å². The van der Waals surface area contributed by atoms with E-state index in [1.807, 2.05) is 4.90 Å². The Kier molecular flexibility index (Phi) is 2.87. The van der Waals surface area contributed by atoms with Crippen molar-refractivity contribution in [3.8, 4) is 0 Å². The predicted molar refractivity (Wildman–Crippen MR) is 54.4 cm³/mol. The van der Waals surface area contributed by atoms with E-state index in [-0.39, 0.29) is 5.91 Å². The van der Waals surface area contributed by atoms with Crippen molar-refractivity contribution >= 4 is 5.91 Å². The number of amides is 1. The van der Waals surface area contributed by atoms with Gasteiger partial charge in [0, 0.05) is 13.6 Å². The monoisotopic (exact) mass is 226 g/mol. The van der Waals surface area contributed by atoms with Gasteiger partial charge in [-0.25, -0.2) is 8.78 Å². The topological polar surface area (TPSA) is 23.6 Å². The van der Waals surface area contributed by atoms with Crippen molar-refractivity contribution in [3.05, 3.63) is 35.4 Å². The number of halogens is 2. The lowest BCUT2D eigenvalue weighted by Gasteiger charge is -2.14. The normalized spacial score (nSPS) is 17.2. The van der Waals surface area contributed by atoms with Gasteiger partial charge in [-0.3, -0.25) is 9.69 Å². The first-order chi connectivity index (χ1) is 7.56. The summed E-state index contributed by atoms with van der Waals surface area (Å²) in [4.78, 5) is 14.7. The number of hydrogen-bond acceptors (Lipinski definition) is 2. The van der Waals surface area contributed by atoms with Crippen molar-refractivity contribution in [2.45, 2.75) is 6.54 Å².